The summed E-state index contributed by atoms with van der Waals surface area (Å²) in [5.41, 5.74) is 3.23. The van der Waals surface area contributed by atoms with Gasteiger partial charge in [-0.15, -0.1) is 0 Å². The molecule has 0 saturated heterocycles. The highest BCUT2D eigenvalue weighted by Crippen LogP contribution is 2.31. The summed E-state index contributed by atoms with van der Waals surface area (Å²) in [5, 5.41) is 4.49. The van der Waals surface area contributed by atoms with E-state index in [1.54, 1.807) is 48.5 Å². The maximum atomic E-state index is 13.1. The first-order valence-corrected chi connectivity index (χ1v) is 14.4. The monoisotopic (exact) mass is 588 g/mol. The normalized spacial score (nSPS) is 14.4. The Morgan fingerprint density at radius 1 is 0.452 bits per heavy atom. The number of rotatable bonds is 8. The third-order valence-electron chi connectivity index (χ3n) is 6.55. The van der Waals surface area contributed by atoms with Crippen LogP contribution in [0.5, 0.6) is 0 Å². The summed E-state index contributed by atoms with van der Waals surface area (Å²) in [6, 6.07) is 29.6. The van der Waals surface area contributed by atoms with Gasteiger partial charge in [-0.3, -0.25) is 34.6 Å². The molecular weight excluding hydrogens is 569 g/mol. The molecule has 0 saturated carbocycles. The second kappa shape index (κ2) is 11.5. The zero-order valence-corrected chi connectivity index (χ0v) is 23.4. The summed E-state index contributed by atoms with van der Waals surface area (Å²) in [5.74, 6) is -1.68. The molecule has 6 rings (SSSR count). The van der Waals surface area contributed by atoms with Crippen LogP contribution in [0.1, 0.15) is 27.0 Å². The first kappa shape index (κ1) is 27.2. The van der Waals surface area contributed by atoms with Crippen LogP contribution in [0, 0.1) is 0 Å². The van der Waals surface area contributed by atoms with Crippen LogP contribution < -0.4 is 10.6 Å². The van der Waals surface area contributed by atoms with Crippen LogP contribution in [0.15, 0.2) is 129 Å². The van der Waals surface area contributed by atoms with Gasteiger partial charge in [0.05, 0.1) is 11.1 Å². The average molecular weight is 589 g/mol. The number of hydrogen-bond donors (Lipinski definition) is 2. The molecule has 0 radical (unpaired) electrons. The number of carbonyl (C=O) groups excluding carboxylic acids is 5. The van der Waals surface area contributed by atoms with Crippen molar-refractivity contribution in [3.05, 3.63) is 131 Å². The van der Waals surface area contributed by atoms with E-state index in [-0.39, 0.29) is 5.78 Å². The molecule has 0 atom stereocenters. The van der Waals surface area contributed by atoms with E-state index in [0.29, 0.717) is 33.4 Å². The molecule has 0 aromatic heterocycles. The molecule has 9 heteroatoms. The van der Waals surface area contributed by atoms with Gasteiger partial charge in [0.15, 0.2) is 5.78 Å². The lowest BCUT2D eigenvalue weighted by Gasteiger charge is -2.07. The second-order valence-corrected chi connectivity index (χ2v) is 11.7. The predicted molar refractivity (Wildman–Crippen MR) is 160 cm³/mol. The van der Waals surface area contributed by atoms with Crippen molar-refractivity contribution in [1.82, 2.24) is 10.6 Å². The lowest BCUT2D eigenvalue weighted by molar-refractivity contribution is -0.124. The third-order valence-corrected chi connectivity index (χ3v) is 8.58. The summed E-state index contributed by atoms with van der Waals surface area (Å²) >= 11 is 3.06. The van der Waals surface area contributed by atoms with Crippen LogP contribution in [-0.4, -0.2) is 29.4 Å². The summed E-state index contributed by atoms with van der Waals surface area (Å²) in [7, 11) is 0. The van der Waals surface area contributed by atoms with Crippen molar-refractivity contribution in [1.29, 1.82) is 0 Å². The van der Waals surface area contributed by atoms with Crippen molar-refractivity contribution in [2.75, 3.05) is 0 Å². The predicted octanol–water partition coefficient (Wildman–Crippen LogP) is 5.30. The Labute approximate surface area is 249 Å². The standard InChI is InChI=1S/C33H20N2O5S2/c36-29-17-27(32(39)34-29)19-1-9-23(10-2-19)41-25-13-5-21(6-14-25)31(38)22-7-15-26(16-8-22)42-24-11-3-20(4-12-24)28-18-30(37)35-33(28)40/h1-18H,(H,34,36,39)(H,35,37,40). The van der Waals surface area contributed by atoms with E-state index >= 15 is 0 Å². The zero-order valence-electron chi connectivity index (χ0n) is 21.8. The Morgan fingerprint density at radius 3 is 1.05 bits per heavy atom. The maximum Gasteiger partial charge on any atom is 0.258 e. The van der Waals surface area contributed by atoms with Gasteiger partial charge < -0.3 is 0 Å². The van der Waals surface area contributed by atoms with Gasteiger partial charge in [0.25, 0.3) is 23.6 Å². The Morgan fingerprint density at radius 2 is 0.762 bits per heavy atom. The minimum atomic E-state index is -0.406. The highest BCUT2D eigenvalue weighted by atomic mass is 32.2. The fourth-order valence-corrected chi connectivity index (χ4v) is 6.08. The van der Waals surface area contributed by atoms with Gasteiger partial charge >= 0.3 is 0 Å². The molecule has 0 bridgehead atoms. The van der Waals surface area contributed by atoms with Crippen LogP contribution in [0.2, 0.25) is 0 Å². The molecule has 42 heavy (non-hydrogen) atoms. The Hall–Kier alpha value is -4.99. The van der Waals surface area contributed by atoms with Gasteiger partial charge in [-0.2, -0.15) is 0 Å². The second-order valence-electron chi connectivity index (χ2n) is 9.38. The fourth-order valence-electron chi connectivity index (χ4n) is 4.45. The molecule has 4 amide bonds. The number of ketones is 1. The number of benzene rings is 4. The van der Waals surface area contributed by atoms with Crippen LogP contribution in [0.25, 0.3) is 11.1 Å². The molecule has 0 spiro atoms. The van der Waals surface area contributed by atoms with E-state index < -0.39 is 23.6 Å². The van der Waals surface area contributed by atoms with Crippen molar-refractivity contribution in [3.63, 3.8) is 0 Å². The number of hydrogen-bond acceptors (Lipinski definition) is 7. The van der Waals surface area contributed by atoms with Gasteiger partial charge in [-0.05, 0) is 83.9 Å². The van der Waals surface area contributed by atoms with E-state index in [2.05, 4.69) is 10.6 Å². The van der Waals surface area contributed by atoms with E-state index in [1.807, 2.05) is 48.5 Å². The maximum absolute atomic E-state index is 13.1. The van der Waals surface area contributed by atoms with Gasteiger partial charge in [-0.1, -0.05) is 47.8 Å². The lowest BCUT2D eigenvalue weighted by atomic mass is 10.0. The van der Waals surface area contributed by atoms with Gasteiger partial charge in [0.1, 0.15) is 0 Å². The fraction of sp³-hybridized carbons (Fsp3) is 0. The molecule has 2 N–H and O–H groups in total. The molecule has 4 aromatic carbocycles. The van der Waals surface area contributed by atoms with Crippen LogP contribution >= 0.6 is 23.5 Å². The van der Waals surface area contributed by atoms with Crippen molar-refractivity contribution in [3.8, 4) is 0 Å². The van der Waals surface area contributed by atoms with E-state index in [9.17, 15) is 24.0 Å². The minimum absolute atomic E-state index is 0.0767. The summed E-state index contributed by atoms with van der Waals surface area (Å²) in [6.45, 7) is 0. The number of carbonyl (C=O) groups is 5. The smallest absolute Gasteiger partial charge is 0.258 e. The number of imide groups is 2. The molecule has 0 aliphatic carbocycles. The molecule has 2 aliphatic rings. The molecule has 0 unspecified atom stereocenters. The molecule has 204 valence electrons. The first-order chi connectivity index (χ1) is 20.3. The van der Waals surface area contributed by atoms with Crippen LogP contribution in [-0.2, 0) is 19.2 Å². The molecular formula is C33H20N2O5S2. The first-order valence-electron chi connectivity index (χ1n) is 12.8. The Bertz CT molecular complexity index is 1690. The van der Waals surface area contributed by atoms with Crippen LogP contribution in [0.4, 0.5) is 0 Å². The molecule has 4 aromatic rings. The highest BCUT2D eigenvalue weighted by molar-refractivity contribution is 7.99. The Kier molecular flexibility index (Phi) is 7.43. The van der Waals surface area contributed by atoms with Crippen molar-refractivity contribution in [2.24, 2.45) is 0 Å². The highest BCUT2D eigenvalue weighted by Gasteiger charge is 2.23. The van der Waals surface area contributed by atoms with Gasteiger partial charge in [0, 0.05) is 42.9 Å². The minimum Gasteiger partial charge on any atom is -0.289 e. The van der Waals surface area contributed by atoms with Crippen molar-refractivity contribution in [2.45, 2.75) is 19.6 Å². The molecule has 7 nitrogen and oxygen atoms in total. The van der Waals surface area contributed by atoms with Gasteiger partial charge in [-0.25, -0.2) is 0 Å². The summed E-state index contributed by atoms with van der Waals surface area (Å²) in [6.07, 6.45) is 2.60. The topological polar surface area (TPSA) is 109 Å². The van der Waals surface area contributed by atoms with E-state index in [1.165, 1.54) is 35.7 Å². The largest absolute Gasteiger partial charge is 0.289 e. The molecule has 0 fully saturated rings. The molecule has 2 aliphatic heterocycles. The number of nitrogens with one attached hydrogen (secondary N) is 2. The van der Waals surface area contributed by atoms with Crippen molar-refractivity contribution >= 4 is 64.1 Å². The van der Waals surface area contributed by atoms with E-state index in [0.717, 1.165) is 19.6 Å². The zero-order chi connectivity index (χ0) is 29.2. The molecule has 2 heterocycles. The van der Waals surface area contributed by atoms with Gasteiger partial charge in [0.2, 0.25) is 0 Å². The third kappa shape index (κ3) is 5.88. The van der Waals surface area contributed by atoms with E-state index in [4.69, 9.17) is 0 Å². The Balaban J connectivity index is 1.06. The quantitative estimate of drug-likeness (QED) is 0.212. The van der Waals surface area contributed by atoms with Crippen molar-refractivity contribution < 1.29 is 24.0 Å². The van der Waals surface area contributed by atoms with Crippen LogP contribution in [0.3, 0.4) is 0 Å². The SMILES string of the molecule is O=C1C=C(c2ccc(Sc3ccc(C(=O)c4ccc(Sc5ccc(C6=CC(=O)NC6=O)cc5)cc4)cc3)cc2)C(=O)N1. The average Bonchev–Trinajstić information content (AvgIpc) is 3.52. The summed E-state index contributed by atoms with van der Waals surface area (Å²) in [4.78, 5) is 63.4. The lowest BCUT2D eigenvalue weighted by Crippen LogP contribution is -2.21. The number of amides is 4. The summed E-state index contributed by atoms with van der Waals surface area (Å²) < 4.78 is 0.